The van der Waals surface area contributed by atoms with Crippen LogP contribution in [0.15, 0.2) is 42.5 Å². The predicted octanol–water partition coefficient (Wildman–Crippen LogP) is 8.08. The minimum Gasteiger partial charge on any atom is -0.346 e. The lowest BCUT2D eigenvalue weighted by Gasteiger charge is -2.23. The molecule has 2 aromatic carbocycles. The topological polar surface area (TPSA) is 158 Å². The second-order valence-electron chi connectivity index (χ2n) is 17.0. The van der Waals surface area contributed by atoms with E-state index in [-0.39, 0.29) is 43.2 Å². The van der Waals surface area contributed by atoms with E-state index in [1.807, 2.05) is 4.72 Å². The number of sulfonamides is 1. The summed E-state index contributed by atoms with van der Waals surface area (Å²) in [5, 5.41) is 9.12. The Morgan fingerprint density at radius 3 is 2.14 bits per heavy atom. The SMILES string of the molecule is C[C@H]1[C@H]2C(F)(F)c3c(c(C(F)(F)F)nn3CC(=O)N[C@@H](Cc3cc(F)cc(F)c3)c3nc(C#CC(C)(C)S(C)(=O)=O)ccc3-c3ccc(Cl)c4c(NS(C)(=O)=O)nn(CC(F)(F)F)c34)[C@]12C. The Kier molecular flexibility index (Phi) is 11.7. The highest BCUT2D eigenvalue weighted by Gasteiger charge is 2.79. The van der Waals surface area contributed by atoms with Crippen LogP contribution in [0.1, 0.15) is 67.6 Å². The molecule has 1 saturated carbocycles. The summed E-state index contributed by atoms with van der Waals surface area (Å²) in [6, 6.07) is 5.24. The lowest BCUT2D eigenvalue weighted by Crippen LogP contribution is -2.35. The molecule has 66 heavy (non-hydrogen) atoms. The number of fused-ring (bicyclic) bond motifs is 4. The fourth-order valence-electron chi connectivity index (χ4n) is 8.50. The molecule has 5 aromatic rings. The van der Waals surface area contributed by atoms with Gasteiger partial charge in [0.2, 0.25) is 15.9 Å². The van der Waals surface area contributed by atoms with E-state index in [0.29, 0.717) is 17.0 Å². The van der Waals surface area contributed by atoms with Crippen LogP contribution < -0.4 is 10.0 Å². The van der Waals surface area contributed by atoms with Crippen LogP contribution in [-0.4, -0.2) is 70.7 Å². The molecular formula is C41H36ClF10N7O5S2. The van der Waals surface area contributed by atoms with Crippen molar-refractivity contribution >= 4 is 54.1 Å². The molecule has 3 heterocycles. The maximum Gasteiger partial charge on any atom is 0.435 e. The van der Waals surface area contributed by atoms with E-state index in [2.05, 4.69) is 32.3 Å². The minimum atomic E-state index is -5.22. The lowest BCUT2D eigenvalue weighted by atomic mass is 9.93. The van der Waals surface area contributed by atoms with Crippen LogP contribution in [-0.2, 0) is 61.7 Å². The number of anilines is 1. The molecule has 12 nitrogen and oxygen atoms in total. The Morgan fingerprint density at radius 1 is 0.939 bits per heavy atom. The van der Waals surface area contributed by atoms with E-state index < -0.39 is 132 Å². The number of alkyl halides is 8. The Morgan fingerprint density at radius 2 is 1.56 bits per heavy atom. The third-order valence-corrected chi connectivity index (χ3v) is 14.7. The number of pyridine rings is 1. The maximum atomic E-state index is 16.0. The zero-order valence-corrected chi connectivity index (χ0v) is 37.5. The minimum absolute atomic E-state index is 0.198. The third kappa shape index (κ3) is 8.92. The van der Waals surface area contributed by atoms with Crippen molar-refractivity contribution in [3.63, 3.8) is 0 Å². The number of nitrogens with zero attached hydrogens (tertiary/aromatic N) is 5. The van der Waals surface area contributed by atoms with E-state index in [0.717, 1.165) is 24.5 Å². The third-order valence-electron chi connectivity index (χ3n) is 11.9. The molecule has 0 spiro atoms. The number of halogens is 11. The number of benzene rings is 2. The second kappa shape index (κ2) is 15.9. The first-order chi connectivity index (χ1) is 30.1. The van der Waals surface area contributed by atoms with Gasteiger partial charge in [0, 0.05) is 40.3 Å². The van der Waals surface area contributed by atoms with Gasteiger partial charge in [0.1, 0.15) is 40.9 Å². The number of sulfone groups is 1. The standard InChI is InChI=1S/C41H36ClF10N7O5S2/c1-19-33-38(19,4)30-34(41(50,51)52)55-58(35(30)40(33,48)49)17-28(60)54-27(15-20-13-21(43)16-22(44)14-20)31-24(8-7-23(53-31)11-12-37(2,3)65(5,61)62)25-9-10-26(42)29-32(25)59(18-39(45,46)47)56-36(29)57-66(6,63)64/h7-10,13-14,16,19,27,33H,15,17-18H2,1-6H3,(H,54,60)(H,56,57)/t19-,27-,33+,38-/m0/s1. The first-order valence-corrected chi connectivity index (χ1v) is 23.6. The van der Waals surface area contributed by atoms with Gasteiger partial charge < -0.3 is 5.32 Å². The summed E-state index contributed by atoms with van der Waals surface area (Å²) in [6.45, 7) is 2.04. The smallest absolute Gasteiger partial charge is 0.346 e. The van der Waals surface area contributed by atoms with E-state index in [1.165, 1.54) is 45.9 Å². The molecule has 0 aliphatic heterocycles. The molecule has 7 rings (SSSR count). The van der Waals surface area contributed by atoms with Crippen LogP contribution in [0.2, 0.25) is 5.02 Å². The lowest BCUT2D eigenvalue weighted by molar-refractivity contribution is -0.143. The average Bonchev–Trinajstić information content (AvgIpc) is 3.40. The number of nitrogens with one attached hydrogen (secondary N) is 2. The van der Waals surface area contributed by atoms with Crippen LogP contribution in [0, 0.1) is 35.3 Å². The predicted molar refractivity (Wildman–Crippen MR) is 220 cm³/mol. The van der Waals surface area contributed by atoms with Crippen molar-refractivity contribution in [2.75, 3.05) is 17.2 Å². The van der Waals surface area contributed by atoms with E-state index in [1.54, 1.807) is 0 Å². The molecule has 3 aromatic heterocycles. The Labute approximate surface area is 375 Å². The van der Waals surface area contributed by atoms with Crippen LogP contribution in [0.3, 0.4) is 0 Å². The van der Waals surface area contributed by atoms with Crippen molar-refractivity contribution in [2.24, 2.45) is 11.8 Å². The van der Waals surface area contributed by atoms with Gasteiger partial charge >= 0.3 is 12.4 Å². The molecule has 2 aliphatic rings. The van der Waals surface area contributed by atoms with Crippen molar-refractivity contribution in [2.45, 2.75) is 81.7 Å². The molecule has 0 saturated heterocycles. The summed E-state index contributed by atoms with van der Waals surface area (Å²) in [5.41, 5.74) is -6.86. The number of hydrogen-bond donors (Lipinski definition) is 2. The van der Waals surface area contributed by atoms with Crippen LogP contribution in [0.5, 0.6) is 0 Å². The van der Waals surface area contributed by atoms with Gasteiger partial charge in [-0.15, -0.1) is 0 Å². The van der Waals surface area contributed by atoms with Crippen molar-refractivity contribution in [3.8, 4) is 23.0 Å². The van der Waals surface area contributed by atoms with E-state index >= 15 is 8.78 Å². The van der Waals surface area contributed by atoms with Gasteiger partial charge in [-0.25, -0.2) is 30.6 Å². The first-order valence-electron chi connectivity index (χ1n) is 19.4. The van der Waals surface area contributed by atoms with Crippen LogP contribution in [0.25, 0.3) is 22.0 Å². The first kappa shape index (κ1) is 48.5. The molecule has 1 fully saturated rings. The highest BCUT2D eigenvalue weighted by molar-refractivity contribution is 7.92. The Hall–Kier alpha value is -5.41. The largest absolute Gasteiger partial charge is 0.435 e. The molecule has 4 atom stereocenters. The number of hydrogen-bond acceptors (Lipinski definition) is 8. The summed E-state index contributed by atoms with van der Waals surface area (Å²) < 4.78 is 198. The molecular weight excluding hydrogens is 960 g/mol. The van der Waals surface area contributed by atoms with Crippen LogP contribution >= 0.6 is 11.6 Å². The monoisotopic (exact) mass is 995 g/mol. The molecule has 0 bridgehead atoms. The normalized spacial score (nSPS) is 19.8. The van der Waals surface area contributed by atoms with Crippen molar-refractivity contribution in [1.82, 2.24) is 29.9 Å². The summed E-state index contributed by atoms with van der Waals surface area (Å²) in [5.74, 6) is -5.29. The average molecular weight is 996 g/mol. The van der Waals surface area contributed by atoms with Gasteiger partial charge in [-0.1, -0.05) is 37.4 Å². The fourth-order valence-corrected chi connectivity index (χ4v) is 9.48. The molecule has 354 valence electrons. The van der Waals surface area contributed by atoms with Gasteiger partial charge in [-0.2, -0.15) is 45.3 Å². The summed E-state index contributed by atoms with van der Waals surface area (Å²) in [7, 11) is -8.07. The number of amides is 1. The van der Waals surface area contributed by atoms with Gasteiger partial charge in [0.15, 0.2) is 21.3 Å². The number of aromatic nitrogens is 5. The highest BCUT2D eigenvalue weighted by Crippen LogP contribution is 2.75. The Bertz CT molecular complexity index is 3120. The van der Waals surface area contributed by atoms with E-state index in [4.69, 9.17) is 11.6 Å². The van der Waals surface area contributed by atoms with Crippen molar-refractivity contribution in [1.29, 1.82) is 0 Å². The zero-order valence-electron chi connectivity index (χ0n) is 35.1. The molecule has 1 amide bonds. The molecule has 2 N–H and O–H groups in total. The van der Waals surface area contributed by atoms with E-state index in [9.17, 15) is 56.8 Å². The highest BCUT2D eigenvalue weighted by atomic mass is 35.5. The van der Waals surface area contributed by atoms with Gasteiger partial charge in [0.05, 0.1) is 33.9 Å². The molecule has 25 heteroatoms. The molecule has 2 aliphatic carbocycles. The summed E-state index contributed by atoms with van der Waals surface area (Å²) >= 11 is 6.47. The van der Waals surface area contributed by atoms with Gasteiger partial charge in [0.25, 0.3) is 5.92 Å². The summed E-state index contributed by atoms with van der Waals surface area (Å²) in [6.07, 6.45) is -9.26. The summed E-state index contributed by atoms with van der Waals surface area (Å²) in [4.78, 5) is 18.7. The van der Waals surface area contributed by atoms with Crippen LogP contribution in [0.4, 0.5) is 49.7 Å². The fraction of sp³-hybridized carbons (Fsp3) is 0.415. The Balaban J connectivity index is 1.46. The quantitative estimate of drug-likeness (QED) is 0.0994. The van der Waals surface area contributed by atoms with Gasteiger partial charge in [-0.05, 0) is 68.0 Å². The molecule has 0 unspecified atom stereocenters. The number of carbonyl (C=O) groups excluding carboxylic acids is 1. The van der Waals surface area contributed by atoms with Crippen molar-refractivity contribution < 1.29 is 65.5 Å². The van der Waals surface area contributed by atoms with Crippen molar-refractivity contribution in [3.05, 3.63) is 93.0 Å². The van der Waals surface area contributed by atoms with Gasteiger partial charge in [-0.3, -0.25) is 18.9 Å². The zero-order chi connectivity index (χ0) is 49.1. The molecule has 0 radical (unpaired) electrons. The number of rotatable bonds is 11. The second-order valence-corrected chi connectivity index (χ2v) is 21.7. The number of carbonyl (C=O) groups is 1. The maximum absolute atomic E-state index is 16.0.